The molecule has 2 aliphatic rings. The van der Waals surface area contributed by atoms with E-state index in [2.05, 4.69) is 6.92 Å². The van der Waals surface area contributed by atoms with E-state index < -0.39 is 5.60 Å². The van der Waals surface area contributed by atoms with Gasteiger partial charge in [0.05, 0.1) is 0 Å². The van der Waals surface area contributed by atoms with Gasteiger partial charge < -0.3 is 15.4 Å². The third kappa shape index (κ3) is 3.22. The Morgan fingerprint density at radius 3 is 2.63 bits per heavy atom. The monoisotopic (exact) mass is 268 g/mol. The van der Waals surface area contributed by atoms with Gasteiger partial charge in [-0.2, -0.15) is 0 Å². The molecule has 1 saturated carbocycles. The van der Waals surface area contributed by atoms with Crippen LogP contribution >= 0.6 is 0 Å². The van der Waals surface area contributed by atoms with Crippen LogP contribution in [0.4, 0.5) is 4.79 Å². The molecule has 1 aliphatic carbocycles. The van der Waals surface area contributed by atoms with Gasteiger partial charge in [0.25, 0.3) is 0 Å². The maximum atomic E-state index is 12.1. The first-order valence-corrected chi connectivity index (χ1v) is 7.51. The van der Waals surface area contributed by atoms with Crippen LogP contribution in [-0.4, -0.2) is 35.7 Å². The number of nitrogens with zero attached hydrogens (tertiary/aromatic N) is 1. The summed E-state index contributed by atoms with van der Waals surface area (Å²) in [5.41, 5.74) is 5.37. The fraction of sp³-hybridized carbons (Fsp3) is 0.933. The third-order valence-corrected chi connectivity index (χ3v) is 4.62. The predicted octanol–water partition coefficient (Wildman–Crippen LogP) is 2.62. The molecule has 2 fully saturated rings. The van der Waals surface area contributed by atoms with Gasteiger partial charge in [0.2, 0.25) is 0 Å². The molecule has 4 nitrogen and oxygen atoms in total. The van der Waals surface area contributed by atoms with Crippen LogP contribution in [0.25, 0.3) is 0 Å². The summed E-state index contributed by atoms with van der Waals surface area (Å²) in [7, 11) is 0. The fourth-order valence-corrected chi connectivity index (χ4v) is 3.38. The van der Waals surface area contributed by atoms with Gasteiger partial charge in [-0.3, -0.25) is 0 Å². The minimum Gasteiger partial charge on any atom is -0.444 e. The number of amides is 1. The zero-order chi connectivity index (χ0) is 14.2. The summed E-state index contributed by atoms with van der Waals surface area (Å²) in [5, 5.41) is 0. The molecule has 1 amide bonds. The maximum absolute atomic E-state index is 12.1. The van der Waals surface area contributed by atoms with Crippen molar-refractivity contribution >= 4 is 6.09 Å². The van der Waals surface area contributed by atoms with Crippen LogP contribution in [0, 0.1) is 17.8 Å². The number of likely N-dealkylation sites (tertiary alicyclic amines) is 1. The molecule has 19 heavy (non-hydrogen) atoms. The minimum atomic E-state index is -0.395. The van der Waals surface area contributed by atoms with E-state index in [1.54, 1.807) is 0 Å². The van der Waals surface area contributed by atoms with Gasteiger partial charge in [-0.1, -0.05) is 6.92 Å². The molecule has 4 atom stereocenters. The predicted molar refractivity (Wildman–Crippen MR) is 75.8 cm³/mol. The molecular weight excluding hydrogens is 240 g/mol. The second kappa shape index (κ2) is 5.31. The molecular formula is C15H28N2O2. The van der Waals surface area contributed by atoms with E-state index in [-0.39, 0.29) is 6.09 Å². The molecule has 0 aromatic carbocycles. The van der Waals surface area contributed by atoms with Crippen molar-refractivity contribution in [2.45, 2.75) is 58.6 Å². The van der Waals surface area contributed by atoms with Crippen LogP contribution in [0.15, 0.2) is 0 Å². The highest BCUT2D eigenvalue weighted by Gasteiger charge is 2.47. The van der Waals surface area contributed by atoms with Crippen LogP contribution < -0.4 is 5.73 Å². The van der Waals surface area contributed by atoms with E-state index in [4.69, 9.17) is 10.5 Å². The van der Waals surface area contributed by atoms with Gasteiger partial charge in [-0.25, -0.2) is 4.79 Å². The van der Waals surface area contributed by atoms with Gasteiger partial charge in [0.1, 0.15) is 5.60 Å². The lowest BCUT2D eigenvalue weighted by atomic mass is 9.69. The van der Waals surface area contributed by atoms with E-state index in [0.717, 1.165) is 25.4 Å². The van der Waals surface area contributed by atoms with Crippen molar-refractivity contribution in [3.05, 3.63) is 0 Å². The van der Waals surface area contributed by atoms with Crippen LogP contribution in [-0.2, 0) is 4.74 Å². The molecule has 1 aliphatic heterocycles. The number of rotatable bonds is 2. The maximum Gasteiger partial charge on any atom is 0.410 e. The van der Waals surface area contributed by atoms with E-state index in [0.29, 0.717) is 17.9 Å². The summed E-state index contributed by atoms with van der Waals surface area (Å²) in [6.07, 6.45) is 3.39. The van der Waals surface area contributed by atoms with Crippen LogP contribution in [0.5, 0.6) is 0 Å². The second-order valence-corrected chi connectivity index (χ2v) is 7.25. The van der Waals surface area contributed by atoms with Crippen molar-refractivity contribution < 1.29 is 9.53 Å². The molecule has 2 rings (SSSR count). The molecule has 0 aromatic rings. The lowest BCUT2D eigenvalue weighted by molar-refractivity contribution is -0.0553. The smallest absolute Gasteiger partial charge is 0.410 e. The number of nitrogens with two attached hydrogens (primary N) is 1. The lowest BCUT2D eigenvalue weighted by Gasteiger charge is -2.53. The van der Waals surface area contributed by atoms with Crippen molar-refractivity contribution in [2.24, 2.45) is 23.5 Å². The summed E-state index contributed by atoms with van der Waals surface area (Å²) in [5.74, 6) is 2.02. The zero-order valence-corrected chi connectivity index (χ0v) is 12.7. The van der Waals surface area contributed by atoms with Crippen LogP contribution in [0.3, 0.4) is 0 Å². The summed E-state index contributed by atoms with van der Waals surface area (Å²) in [6.45, 7) is 9.65. The number of carbonyl (C=O) groups excluding carboxylic acids is 1. The first-order chi connectivity index (χ1) is 8.81. The Morgan fingerprint density at radius 2 is 2.11 bits per heavy atom. The summed E-state index contributed by atoms with van der Waals surface area (Å²) >= 11 is 0. The molecule has 0 aromatic heterocycles. The number of hydrogen-bond donors (Lipinski definition) is 1. The third-order valence-electron chi connectivity index (χ3n) is 4.62. The molecule has 3 unspecified atom stereocenters. The lowest BCUT2D eigenvalue weighted by Crippen LogP contribution is -2.61. The molecule has 0 spiro atoms. The first kappa shape index (κ1) is 14.6. The minimum absolute atomic E-state index is 0.140. The van der Waals surface area contributed by atoms with E-state index in [1.807, 2.05) is 25.7 Å². The van der Waals surface area contributed by atoms with Crippen molar-refractivity contribution in [1.82, 2.24) is 4.90 Å². The van der Waals surface area contributed by atoms with Crippen molar-refractivity contribution in [1.29, 1.82) is 0 Å². The van der Waals surface area contributed by atoms with E-state index in [9.17, 15) is 4.79 Å². The van der Waals surface area contributed by atoms with Crippen LogP contribution in [0.2, 0.25) is 0 Å². The standard InChI is InChI=1S/C15H28N2O2/c1-10(8-16)11-5-6-13-12(7-11)9-17(13)14(18)19-15(2,3)4/h10-13H,5-9,16H2,1-4H3/t10-,11?,12?,13?/m1/s1. The first-order valence-electron chi connectivity index (χ1n) is 7.51. The summed E-state index contributed by atoms with van der Waals surface area (Å²) < 4.78 is 5.45. The molecule has 110 valence electrons. The van der Waals surface area contributed by atoms with Gasteiger partial charge >= 0.3 is 6.09 Å². The normalized spacial score (nSPS) is 32.3. The molecule has 0 bridgehead atoms. The summed E-state index contributed by atoms with van der Waals surface area (Å²) in [4.78, 5) is 14.0. The van der Waals surface area contributed by atoms with E-state index >= 15 is 0 Å². The molecule has 0 radical (unpaired) electrons. The number of hydrogen-bond acceptors (Lipinski definition) is 3. The molecule has 4 heteroatoms. The quantitative estimate of drug-likeness (QED) is 0.837. The molecule has 2 N–H and O–H groups in total. The Bertz CT molecular complexity index is 338. The van der Waals surface area contributed by atoms with Gasteiger partial charge in [-0.15, -0.1) is 0 Å². The number of fused-ring (bicyclic) bond motifs is 1. The highest BCUT2D eigenvalue weighted by molar-refractivity contribution is 5.69. The van der Waals surface area contributed by atoms with Gasteiger partial charge in [0, 0.05) is 12.6 Å². The Labute approximate surface area is 116 Å². The van der Waals surface area contributed by atoms with Crippen molar-refractivity contribution in [2.75, 3.05) is 13.1 Å². The zero-order valence-electron chi connectivity index (χ0n) is 12.7. The largest absolute Gasteiger partial charge is 0.444 e. The van der Waals surface area contributed by atoms with Crippen molar-refractivity contribution in [3.8, 4) is 0 Å². The number of carbonyl (C=O) groups is 1. The average Bonchev–Trinajstić information content (AvgIpc) is 2.27. The molecule has 1 heterocycles. The Kier molecular flexibility index (Phi) is 4.09. The highest BCUT2D eigenvalue weighted by atomic mass is 16.6. The Morgan fingerprint density at radius 1 is 1.42 bits per heavy atom. The SMILES string of the molecule is C[C@H](CN)C1CCC2C(C1)CN2C(=O)OC(C)(C)C. The second-order valence-electron chi connectivity index (χ2n) is 7.25. The number of ether oxygens (including phenoxy) is 1. The average molecular weight is 268 g/mol. The van der Waals surface area contributed by atoms with Crippen molar-refractivity contribution in [3.63, 3.8) is 0 Å². The van der Waals surface area contributed by atoms with Gasteiger partial charge in [-0.05, 0) is 64.3 Å². The topological polar surface area (TPSA) is 55.6 Å². The molecule has 1 saturated heterocycles. The highest BCUT2D eigenvalue weighted by Crippen LogP contribution is 2.42. The Hall–Kier alpha value is -0.770. The summed E-state index contributed by atoms with van der Waals surface area (Å²) in [6, 6.07) is 0.413. The fourth-order valence-electron chi connectivity index (χ4n) is 3.38. The Balaban J connectivity index is 1.85. The van der Waals surface area contributed by atoms with Crippen LogP contribution in [0.1, 0.15) is 47.0 Å². The van der Waals surface area contributed by atoms with Gasteiger partial charge in [0.15, 0.2) is 0 Å². The van der Waals surface area contributed by atoms with E-state index in [1.165, 1.54) is 12.8 Å².